The van der Waals surface area contributed by atoms with Gasteiger partial charge in [0.1, 0.15) is 5.60 Å². The minimum absolute atomic E-state index is 0.0293. The van der Waals surface area contributed by atoms with Gasteiger partial charge in [-0.3, -0.25) is 24.8 Å². The predicted octanol–water partition coefficient (Wildman–Crippen LogP) is 9.64. The van der Waals surface area contributed by atoms with E-state index in [9.17, 15) is 25.0 Å². The van der Waals surface area contributed by atoms with E-state index in [0.717, 1.165) is 10.8 Å². The first-order valence-electron chi connectivity index (χ1n) is 13.4. The van der Waals surface area contributed by atoms with Gasteiger partial charge in [-0.05, 0) is 69.4 Å². The summed E-state index contributed by atoms with van der Waals surface area (Å²) in [7, 11) is 0. The number of hydrogen-bond acceptors (Lipinski definition) is 6. The zero-order valence-electron chi connectivity index (χ0n) is 23.3. The number of rotatable bonds is 4. The number of fused-ring (bicyclic) bond motifs is 3. The van der Waals surface area contributed by atoms with E-state index >= 15 is 0 Å². The van der Waals surface area contributed by atoms with Crippen molar-refractivity contribution in [3.8, 4) is 22.3 Å². The van der Waals surface area contributed by atoms with E-state index < -0.39 is 32.9 Å². The second kappa shape index (κ2) is 10.3. The monoisotopic (exact) mass is 637 g/mol. The highest BCUT2D eigenvalue weighted by molar-refractivity contribution is 9.10. The fourth-order valence-electron chi connectivity index (χ4n) is 5.64. The van der Waals surface area contributed by atoms with Crippen LogP contribution in [0.15, 0.2) is 95.6 Å². The second-order valence-electron chi connectivity index (χ2n) is 11.1. The number of carbonyl (C=O) groups is 1. The highest BCUT2D eigenvalue weighted by Gasteiger charge is 2.41. The Kier molecular flexibility index (Phi) is 6.73. The fraction of sp³-hybridized carbons (Fsp3) is 0.121. The molecule has 9 nitrogen and oxygen atoms in total. The van der Waals surface area contributed by atoms with E-state index in [1.165, 1.54) is 10.8 Å². The molecule has 0 unspecified atom stereocenters. The van der Waals surface area contributed by atoms with Gasteiger partial charge in [0, 0.05) is 16.1 Å². The summed E-state index contributed by atoms with van der Waals surface area (Å²) in [6, 6.07) is 25.1. The van der Waals surface area contributed by atoms with E-state index in [-0.39, 0.29) is 22.0 Å². The van der Waals surface area contributed by atoms with Crippen LogP contribution >= 0.6 is 15.9 Å². The lowest BCUT2D eigenvalue weighted by atomic mass is 9.88. The number of nitro groups is 2. The molecule has 0 amide bonds. The van der Waals surface area contributed by atoms with Gasteiger partial charge in [0.15, 0.2) is 0 Å². The first-order valence-corrected chi connectivity index (χ1v) is 14.2. The van der Waals surface area contributed by atoms with Gasteiger partial charge < -0.3 is 4.74 Å². The number of ether oxygens (including phenoxy) is 1. The molecule has 6 rings (SSSR count). The number of aromatic nitrogens is 1. The minimum atomic E-state index is -0.884. The van der Waals surface area contributed by atoms with Crippen molar-refractivity contribution in [3.05, 3.63) is 116 Å². The molecular formula is C33H24BrN3O6. The average molecular weight is 638 g/mol. The van der Waals surface area contributed by atoms with E-state index in [1.54, 1.807) is 63.2 Å². The molecule has 0 fully saturated rings. The molecule has 0 N–H and O–H groups in total. The molecule has 1 heterocycles. The smallest absolute Gasteiger partial charge is 0.419 e. The van der Waals surface area contributed by atoms with Crippen LogP contribution in [0.1, 0.15) is 20.8 Å². The summed E-state index contributed by atoms with van der Waals surface area (Å²) in [5.74, 6) is 0. The molecule has 43 heavy (non-hydrogen) atoms. The molecule has 0 spiro atoms. The molecule has 0 bridgehead atoms. The average Bonchev–Trinajstić information content (AvgIpc) is 3.31. The molecule has 0 aliphatic carbocycles. The summed E-state index contributed by atoms with van der Waals surface area (Å²) in [5.41, 5.74) is -1.37. The third kappa shape index (κ3) is 4.69. The molecule has 214 valence electrons. The zero-order valence-corrected chi connectivity index (χ0v) is 24.9. The Bertz CT molecular complexity index is 2130. The highest BCUT2D eigenvalue weighted by atomic mass is 79.9. The fourth-order valence-corrected chi connectivity index (χ4v) is 6.23. The van der Waals surface area contributed by atoms with E-state index in [0.29, 0.717) is 26.4 Å². The summed E-state index contributed by atoms with van der Waals surface area (Å²) in [6.45, 7) is 5.14. The molecule has 5 aromatic carbocycles. The van der Waals surface area contributed by atoms with Gasteiger partial charge in [0.2, 0.25) is 0 Å². The van der Waals surface area contributed by atoms with Crippen molar-refractivity contribution in [3.63, 3.8) is 0 Å². The van der Waals surface area contributed by atoms with Gasteiger partial charge in [-0.25, -0.2) is 4.79 Å². The SMILES string of the molecule is CC(C)(C)OC(=O)n1cc(Br)c2c(-c3cccc4ccccc34)c([N+](=O)[O-])c([N+](=O)[O-])c(-c3cccc4ccccc34)c21. The van der Waals surface area contributed by atoms with Crippen molar-refractivity contribution < 1.29 is 19.4 Å². The van der Waals surface area contributed by atoms with Crippen LogP contribution in [0.25, 0.3) is 54.7 Å². The van der Waals surface area contributed by atoms with E-state index in [4.69, 9.17) is 4.74 Å². The zero-order chi connectivity index (χ0) is 30.6. The number of benzene rings is 5. The second-order valence-corrected chi connectivity index (χ2v) is 11.9. The van der Waals surface area contributed by atoms with Gasteiger partial charge in [-0.2, -0.15) is 0 Å². The van der Waals surface area contributed by atoms with Crippen molar-refractivity contribution in [2.24, 2.45) is 0 Å². The quantitative estimate of drug-likeness (QED) is 0.140. The van der Waals surface area contributed by atoms with Gasteiger partial charge in [-0.15, -0.1) is 0 Å². The maximum atomic E-state index is 13.7. The van der Waals surface area contributed by atoms with Gasteiger partial charge in [0.25, 0.3) is 0 Å². The third-order valence-corrected chi connectivity index (χ3v) is 7.82. The molecule has 0 atom stereocenters. The maximum absolute atomic E-state index is 13.7. The molecule has 0 saturated carbocycles. The lowest BCUT2D eigenvalue weighted by Gasteiger charge is -2.21. The Morgan fingerprint density at radius 2 is 1.21 bits per heavy atom. The van der Waals surface area contributed by atoms with Crippen LogP contribution in [0.4, 0.5) is 16.2 Å². The van der Waals surface area contributed by atoms with Crippen molar-refractivity contribution in [2.45, 2.75) is 26.4 Å². The number of halogens is 1. The van der Waals surface area contributed by atoms with Crippen molar-refractivity contribution >= 4 is 65.8 Å². The van der Waals surface area contributed by atoms with Crippen LogP contribution in [0.3, 0.4) is 0 Å². The first-order chi connectivity index (χ1) is 20.5. The number of carbonyl (C=O) groups excluding carboxylic acids is 1. The van der Waals surface area contributed by atoms with Gasteiger partial charge in [0.05, 0.1) is 26.5 Å². The summed E-state index contributed by atoms with van der Waals surface area (Å²) < 4.78 is 7.26. The van der Waals surface area contributed by atoms with Crippen LogP contribution < -0.4 is 0 Å². The lowest BCUT2D eigenvalue weighted by molar-refractivity contribution is -0.421. The largest absolute Gasteiger partial charge is 0.443 e. The van der Waals surface area contributed by atoms with Crippen molar-refractivity contribution in [1.29, 1.82) is 0 Å². The number of nitro benzene ring substituents is 2. The van der Waals surface area contributed by atoms with E-state index in [1.807, 2.05) is 42.5 Å². The standard InChI is InChI=1S/C33H24BrN3O6/c1-33(2,3)43-32(38)35-18-25(34)28-26(23-16-8-12-19-10-4-6-14-21(19)23)30(36(39)40)31(37(41)42)27(29(28)35)24-17-9-13-20-11-5-7-15-22(20)24/h4-18H,1-3H3. The molecule has 6 aromatic rings. The van der Waals surface area contributed by atoms with Crippen LogP contribution in [-0.2, 0) is 4.74 Å². The number of nitrogens with zero attached hydrogens (tertiary/aromatic N) is 3. The molecule has 10 heteroatoms. The van der Waals surface area contributed by atoms with Crippen LogP contribution in [0, 0.1) is 20.2 Å². The Balaban J connectivity index is 1.91. The summed E-state index contributed by atoms with van der Waals surface area (Å²) in [4.78, 5) is 38.3. The topological polar surface area (TPSA) is 118 Å². The molecular weight excluding hydrogens is 614 g/mol. The first kappa shape index (κ1) is 28.0. The van der Waals surface area contributed by atoms with Crippen molar-refractivity contribution in [2.75, 3.05) is 0 Å². The Hall–Kier alpha value is -5.09. The molecule has 0 saturated heterocycles. The van der Waals surface area contributed by atoms with Gasteiger partial charge in [-0.1, -0.05) is 84.9 Å². The Morgan fingerprint density at radius 1 is 0.744 bits per heavy atom. The molecule has 0 aliphatic rings. The third-order valence-electron chi connectivity index (χ3n) is 7.22. The Morgan fingerprint density at radius 3 is 1.72 bits per heavy atom. The maximum Gasteiger partial charge on any atom is 0.419 e. The molecule has 1 aromatic heterocycles. The summed E-state index contributed by atoms with van der Waals surface area (Å²) >= 11 is 3.56. The lowest BCUT2D eigenvalue weighted by Crippen LogP contribution is -2.26. The normalized spacial score (nSPS) is 11.7. The van der Waals surface area contributed by atoms with Crippen LogP contribution in [0.2, 0.25) is 0 Å². The Labute approximate surface area is 253 Å². The highest BCUT2D eigenvalue weighted by Crippen LogP contribution is 2.54. The predicted molar refractivity (Wildman–Crippen MR) is 170 cm³/mol. The van der Waals surface area contributed by atoms with Crippen LogP contribution in [-0.4, -0.2) is 26.1 Å². The summed E-state index contributed by atoms with van der Waals surface area (Å²) in [6.07, 6.45) is 0.673. The number of hydrogen-bond donors (Lipinski definition) is 0. The summed E-state index contributed by atoms with van der Waals surface area (Å²) in [5, 5.41) is 29.2. The van der Waals surface area contributed by atoms with Gasteiger partial charge >= 0.3 is 17.5 Å². The van der Waals surface area contributed by atoms with Crippen LogP contribution in [0.5, 0.6) is 0 Å². The molecule has 0 radical (unpaired) electrons. The van der Waals surface area contributed by atoms with E-state index in [2.05, 4.69) is 15.9 Å². The minimum Gasteiger partial charge on any atom is -0.443 e. The molecule has 0 aliphatic heterocycles. The van der Waals surface area contributed by atoms with Crippen molar-refractivity contribution in [1.82, 2.24) is 4.57 Å².